The van der Waals surface area contributed by atoms with E-state index in [2.05, 4.69) is 45.1 Å². The number of hydrogen-bond acceptors (Lipinski definition) is 4. The predicted octanol–water partition coefficient (Wildman–Crippen LogP) is 3.60. The highest BCUT2D eigenvalue weighted by Crippen LogP contribution is 2.25. The van der Waals surface area contributed by atoms with E-state index < -0.39 is 6.17 Å². The van der Waals surface area contributed by atoms with Crippen LogP contribution in [0.3, 0.4) is 0 Å². The Hall–Kier alpha value is -2.73. The largest absolute Gasteiger partial charge is 0.343 e. The van der Waals surface area contributed by atoms with E-state index in [1.165, 1.54) is 0 Å². The summed E-state index contributed by atoms with van der Waals surface area (Å²) in [6, 6.07) is 8.29. The average molecular weight is 351 g/mol. The average Bonchev–Trinajstić information content (AvgIpc) is 3.22. The van der Waals surface area contributed by atoms with Crippen LogP contribution < -0.4 is 5.32 Å². The van der Waals surface area contributed by atoms with Crippen LogP contribution >= 0.6 is 0 Å². The van der Waals surface area contributed by atoms with Gasteiger partial charge < -0.3 is 5.32 Å². The van der Waals surface area contributed by atoms with Crippen molar-refractivity contribution >= 4 is 16.6 Å². The molecule has 1 fully saturated rings. The maximum atomic E-state index is 13.3. The highest BCUT2D eigenvalue weighted by molar-refractivity contribution is 5.88. The van der Waals surface area contributed by atoms with Crippen molar-refractivity contribution in [3.05, 3.63) is 55.1 Å². The van der Waals surface area contributed by atoms with Crippen LogP contribution in [0.4, 0.5) is 10.2 Å². The molecular formula is C20H22FN5. The minimum absolute atomic E-state index is 0.486. The zero-order chi connectivity index (χ0) is 18.1. The Bertz CT molecular complexity index is 948. The van der Waals surface area contributed by atoms with Crippen molar-refractivity contribution in [2.24, 2.45) is 7.05 Å². The van der Waals surface area contributed by atoms with Crippen LogP contribution in [0, 0.1) is 0 Å². The Kier molecular flexibility index (Phi) is 4.42. The summed E-state index contributed by atoms with van der Waals surface area (Å²) in [7, 11) is 1.91. The molecule has 3 heterocycles. The highest BCUT2D eigenvalue weighted by Gasteiger charge is 2.21. The maximum Gasteiger partial charge on any atom is 0.130 e. The van der Waals surface area contributed by atoms with Crippen molar-refractivity contribution in [1.82, 2.24) is 19.7 Å². The number of pyridine rings is 1. The summed E-state index contributed by atoms with van der Waals surface area (Å²) in [5.41, 5.74) is 3.03. The number of alkyl halides is 1. The number of nitrogens with zero attached hydrogens (tertiary/aromatic N) is 4. The van der Waals surface area contributed by atoms with E-state index in [-0.39, 0.29) is 0 Å². The van der Waals surface area contributed by atoms with E-state index in [0.717, 1.165) is 40.0 Å². The Morgan fingerprint density at radius 3 is 2.88 bits per heavy atom. The monoisotopic (exact) mass is 351 g/mol. The van der Waals surface area contributed by atoms with Crippen molar-refractivity contribution in [3.63, 3.8) is 0 Å². The predicted molar refractivity (Wildman–Crippen MR) is 103 cm³/mol. The first-order chi connectivity index (χ1) is 12.6. The van der Waals surface area contributed by atoms with Crippen LogP contribution in [0.2, 0.25) is 0 Å². The molecule has 1 atom stereocenters. The summed E-state index contributed by atoms with van der Waals surface area (Å²) >= 11 is 0. The van der Waals surface area contributed by atoms with Crippen LogP contribution in [0.25, 0.3) is 21.9 Å². The molecule has 3 aromatic rings. The van der Waals surface area contributed by atoms with Crippen LogP contribution in [-0.4, -0.2) is 45.5 Å². The van der Waals surface area contributed by atoms with Gasteiger partial charge in [0, 0.05) is 55.7 Å². The van der Waals surface area contributed by atoms with E-state index in [0.29, 0.717) is 19.5 Å². The molecule has 4 rings (SSSR count). The van der Waals surface area contributed by atoms with Gasteiger partial charge in [0.05, 0.1) is 6.20 Å². The highest BCUT2D eigenvalue weighted by atomic mass is 19.1. The number of aryl methyl sites for hydroxylation is 1. The lowest BCUT2D eigenvalue weighted by molar-refractivity contribution is 0.303. The van der Waals surface area contributed by atoms with Gasteiger partial charge in [-0.3, -0.25) is 9.58 Å². The van der Waals surface area contributed by atoms with Gasteiger partial charge in [0.25, 0.3) is 0 Å². The van der Waals surface area contributed by atoms with Crippen molar-refractivity contribution in [2.75, 3.05) is 25.0 Å². The van der Waals surface area contributed by atoms with Gasteiger partial charge in [-0.15, -0.1) is 0 Å². The van der Waals surface area contributed by atoms with Crippen LogP contribution in [0.1, 0.15) is 6.42 Å². The number of benzene rings is 1. The first kappa shape index (κ1) is 16.7. The molecule has 134 valence electrons. The number of fused-ring (bicyclic) bond motifs is 1. The molecular weight excluding hydrogens is 329 g/mol. The molecule has 1 saturated heterocycles. The van der Waals surface area contributed by atoms with Crippen LogP contribution in [0.5, 0.6) is 0 Å². The second kappa shape index (κ2) is 6.88. The van der Waals surface area contributed by atoms with Gasteiger partial charge in [-0.1, -0.05) is 18.7 Å². The Labute approximate surface area is 152 Å². The van der Waals surface area contributed by atoms with E-state index in [9.17, 15) is 4.39 Å². The normalized spacial score (nSPS) is 17.7. The summed E-state index contributed by atoms with van der Waals surface area (Å²) < 4.78 is 15.1. The standard InChI is InChI=1S/C20H22FN5/c1-14(11-26-6-5-19(21)13-26)24-20-8-17-7-15(3-4-16(17)9-22-20)18-10-23-25(2)12-18/h3-4,7-10,12,19H,1,5-6,11,13H2,2H3,(H,22,24)/t19-/m0/s1. The Balaban J connectivity index is 1.51. The van der Waals surface area contributed by atoms with Gasteiger partial charge in [0.1, 0.15) is 12.0 Å². The molecule has 0 spiro atoms. The zero-order valence-corrected chi connectivity index (χ0v) is 14.8. The molecule has 1 aliphatic rings. The third kappa shape index (κ3) is 3.60. The van der Waals surface area contributed by atoms with Gasteiger partial charge in [-0.2, -0.15) is 5.10 Å². The summed E-state index contributed by atoms with van der Waals surface area (Å²) in [5.74, 6) is 0.752. The van der Waals surface area contributed by atoms with E-state index in [4.69, 9.17) is 0 Å². The quantitative estimate of drug-likeness (QED) is 0.763. The fourth-order valence-electron chi connectivity index (χ4n) is 3.38. The van der Waals surface area contributed by atoms with Gasteiger partial charge in [-0.25, -0.2) is 9.37 Å². The lowest BCUT2D eigenvalue weighted by Gasteiger charge is -2.17. The number of nitrogens with one attached hydrogen (secondary N) is 1. The van der Waals surface area contributed by atoms with E-state index in [1.807, 2.05) is 31.7 Å². The Morgan fingerprint density at radius 1 is 1.27 bits per heavy atom. The third-order valence-corrected chi connectivity index (χ3v) is 4.69. The molecule has 5 nitrogen and oxygen atoms in total. The topological polar surface area (TPSA) is 46.0 Å². The maximum absolute atomic E-state index is 13.3. The summed E-state index contributed by atoms with van der Waals surface area (Å²) in [6.07, 6.45) is 5.60. The van der Waals surface area contributed by atoms with Crippen LogP contribution in [-0.2, 0) is 7.05 Å². The number of halogens is 1. The van der Waals surface area contributed by atoms with E-state index in [1.54, 1.807) is 4.68 Å². The number of aromatic nitrogens is 3. The zero-order valence-electron chi connectivity index (χ0n) is 14.8. The fourth-order valence-corrected chi connectivity index (χ4v) is 3.38. The second-order valence-electron chi connectivity index (χ2n) is 6.88. The van der Waals surface area contributed by atoms with Crippen molar-refractivity contribution < 1.29 is 4.39 Å². The molecule has 26 heavy (non-hydrogen) atoms. The molecule has 0 saturated carbocycles. The summed E-state index contributed by atoms with van der Waals surface area (Å²) in [6.45, 7) is 5.96. The molecule has 6 heteroatoms. The fraction of sp³-hybridized carbons (Fsp3) is 0.300. The molecule has 1 aromatic carbocycles. The molecule has 1 N–H and O–H groups in total. The summed E-state index contributed by atoms with van der Waals surface area (Å²) in [4.78, 5) is 6.53. The van der Waals surface area contributed by atoms with E-state index >= 15 is 0 Å². The first-order valence-corrected chi connectivity index (χ1v) is 8.77. The third-order valence-electron chi connectivity index (χ3n) is 4.69. The number of rotatable bonds is 5. The SMILES string of the molecule is C=C(CN1CC[C@H](F)C1)Nc1cc2cc(-c3cnn(C)c3)ccc2cn1. The lowest BCUT2D eigenvalue weighted by atomic mass is 10.1. The van der Waals surface area contributed by atoms with Crippen molar-refractivity contribution in [2.45, 2.75) is 12.6 Å². The summed E-state index contributed by atoms with van der Waals surface area (Å²) in [5, 5.41) is 9.66. The molecule has 0 radical (unpaired) electrons. The second-order valence-corrected chi connectivity index (χ2v) is 6.88. The van der Waals surface area contributed by atoms with Gasteiger partial charge in [-0.05, 0) is 29.5 Å². The molecule has 0 aliphatic carbocycles. The number of likely N-dealkylation sites (tertiary alicyclic amines) is 1. The minimum Gasteiger partial charge on any atom is -0.343 e. The minimum atomic E-state index is -0.715. The molecule has 0 amide bonds. The van der Waals surface area contributed by atoms with Crippen LogP contribution in [0.15, 0.2) is 55.1 Å². The molecule has 0 bridgehead atoms. The Morgan fingerprint density at radius 2 is 2.15 bits per heavy atom. The first-order valence-electron chi connectivity index (χ1n) is 8.77. The van der Waals surface area contributed by atoms with Gasteiger partial charge >= 0.3 is 0 Å². The molecule has 1 aliphatic heterocycles. The lowest BCUT2D eigenvalue weighted by Crippen LogP contribution is -2.25. The van der Waals surface area contributed by atoms with Gasteiger partial charge in [0.2, 0.25) is 0 Å². The number of hydrogen-bond donors (Lipinski definition) is 1. The molecule has 0 unspecified atom stereocenters. The van der Waals surface area contributed by atoms with Gasteiger partial charge in [0.15, 0.2) is 0 Å². The smallest absolute Gasteiger partial charge is 0.130 e. The van der Waals surface area contributed by atoms with Crippen molar-refractivity contribution in [1.29, 1.82) is 0 Å². The molecule has 2 aromatic heterocycles. The van der Waals surface area contributed by atoms with Crippen molar-refractivity contribution in [3.8, 4) is 11.1 Å². The number of anilines is 1.